The fraction of sp³-hybridized carbons (Fsp3) is 0.118. The van der Waals surface area contributed by atoms with Gasteiger partial charge in [0.2, 0.25) is 0 Å². The molecule has 1 atom stereocenters. The summed E-state index contributed by atoms with van der Waals surface area (Å²) in [5.74, 6) is -0.346. The first-order chi connectivity index (χ1) is 11.1. The molecule has 0 spiro atoms. The van der Waals surface area contributed by atoms with Crippen molar-refractivity contribution in [3.8, 4) is 5.69 Å². The Labute approximate surface area is 130 Å². The summed E-state index contributed by atoms with van der Waals surface area (Å²) in [4.78, 5) is 29.7. The molecule has 0 bridgehead atoms. The second-order valence-electron chi connectivity index (χ2n) is 5.48. The van der Waals surface area contributed by atoms with E-state index in [4.69, 9.17) is 0 Å². The van der Waals surface area contributed by atoms with Gasteiger partial charge in [0.25, 0.3) is 11.5 Å². The lowest BCUT2D eigenvalue weighted by Crippen LogP contribution is -2.28. The van der Waals surface area contributed by atoms with Crippen molar-refractivity contribution in [1.82, 2.24) is 14.9 Å². The van der Waals surface area contributed by atoms with Crippen molar-refractivity contribution in [3.05, 3.63) is 70.0 Å². The molecule has 1 aromatic heterocycles. The maximum Gasteiger partial charge on any atom is 0.266 e. The minimum absolute atomic E-state index is 0.185. The van der Waals surface area contributed by atoms with Gasteiger partial charge < -0.3 is 5.32 Å². The molecule has 0 fully saturated rings. The number of aromatic nitrogens is 2. The zero-order chi connectivity index (χ0) is 16.1. The highest BCUT2D eigenvalue weighted by Gasteiger charge is 2.26. The van der Waals surface area contributed by atoms with Crippen molar-refractivity contribution in [2.24, 2.45) is 0 Å². The molecule has 0 radical (unpaired) electrons. The van der Waals surface area contributed by atoms with Crippen LogP contribution in [0.25, 0.3) is 16.6 Å². The van der Waals surface area contributed by atoms with Gasteiger partial charge in [-0.2, -0.15) is 0 Å². The van der Waals surface area contributed by atoms with Crippen molar-refractivity contribution in [1.29, 1.82) is 0 Å². The Morgan fingerprint density at radius 1 is 1.17 bits per heavy atom. The van der Waals surface area contributed by atoms with E-state index in [9.17, 15) is 14.0 Å². The Balaban J connectivity index is 2.19. The molecule has 23 heavy (non-hydrogen) atoms. The van der Waals surface area contributed by atoms with E-state index in [1.165, 1.54) is 22.8 Å². The van der Waals surface area contributed by atoms with Gasteiger partial charge in [0, 0.05) is 0 Å². The Hall–Kier alpha value is -3.02. The van der Waals surface area contributed by atoms with Gasteiger partial charge in [-0.05, 0) is 37.3 Å². The Morgan fingerprint density at radius 2 is 1.96 bits per heavy atom. The molecule has 1 amide bonds. The molecule has 1 aliphatic heterocycles. The summed E-state index contributed by atoms with van der Waals surface area (Å²) in [6.45, 7) is 1.76. The fourth-order valence-electron chi connectivity index (χ4n) is 2.90. The lowest BCUT2D eigenvalue weighted by atomic mass is 10.1. The monoisotopic (exact) mass is 309 g/mol. The maximum atomic E-state index is 13.5. The first-order valence-corrected chi connectivity index (χ1v) is 7.19. The second kappa shape index (κ2) is 4.74. The third-order valence-corrected chi connectivity index (χ3v) is 3.98. The number of benzene rings is 2. The van der Waals surface area contributed by atoms with Crippen molar-refractivity contribution < 1.29 is 9.18 Å². The van der Waals surface area contributed by atoms with E-state index in [2.05, 4.69) is 10.3 Å². The molecule has 2 heterocycles. The number of para-hydroxylation sites is 1. The van der Waals surface area contributed by atoms with Crippen LogP contribution in [0.15, 0.2) is 47.3 Å². The quantitative estimate of drug-likeness (QED) is 0.693. The zero-order valence-electron chi connectivity index (χ0n) is 12.2. The topological polar surface area (TPSA) is 64.0 Å². The predicted octanol–water partition coefficient (Wildman–Crippen LogP) is 2.33. The van der Waals surface area contributed by atoms with E-state index in [0.29, 0.717) is 22.6 Å². The second-order valence-corrected chi connectivity index (χ2v) is 5.48. The van der Waals surface area contributed by atoms with Crippen molar-refractivity contribution in [2.75, 3.05) is 0 Å². The summed E-state index contributed by atoms with van der Waals surface area (Å²) in [7, 11) is 0. The lowest BCUT2D eigenvalue weighted by molar-refractivity contribution is 0.0941. The zero-order valence-corrected chi connectivity index (χ0v) is 12.2. The van der Waals surface area contributed by atoms with E-state index in [0.717, 1.165) is 0 Å². The highest BCUT2D eigenvalue weighted by molar-refractivity contribution is 5.98. The van der Waals surface area contributed by atoms with E-state index >= 15 is 0 Å². The van der Waals surface area contributed by atoms with Crippen molar-refractivity contribution >= 4 is 16.8 Å². The molecule has 0 saturated carbocycles. The molecule has 114 valence electrons. The van der Waals surface area contributed by atoms with Gasteiger partial charge in [0.05, 0.1) is 28.2 Å². The lowest BCUT2D eigenvalue weighted by Gasteiger charge is -2.15. The Morgan fingerprint density at radius 3 is 2.78 bits per heavy atom. The number of fused-ring (bicyclic) bond motifs is 4. The number of nitrogens with one attached hydrogen (secondary N) is 1. The first kappa shape index (κ1) is 13.6. The molecule has 0 saturated heterocycles. The molecular formula is C17H12FN3O2. The summed E-state index contributed by atoms with van der Waals surface area (Å²) < 4.78 is 14.9. The number of nitrogens with zero attached hydrogens (tertiary/aromatic N) is 2. The third-order valence-electron chi connectivity index (χ3n) is 3.98. The number of hydrogen-bond acceptors (Lipinski definition) is 3. The minimum Gasteiger partial charge on any atom is -0.342 e. The van der Waals surface area contributed by atoms with Crippen LogP contribution >= 0.6 is 0 Å². The molecule has 4 rings (SSSR count). The number of hydrogen-bond donors (Lipinski definition) is 1. The third kappa shape index (κ3) is 1.95. The highest BCUT2D eigenvalue weighted by atomic mass is 19.1. The molecule has 5 nitrogen and oxygen atoms in total. The summed E-state index contributed by atoms with van der Waals surface area (Å²) >= 11 is 0. The highest BCUT2D eigenvalue weighted by Crippen LogP contribution is 2.24. The van der Waals surface area contributed by atoms with E-state index in [1.807, 2.05) is 0 Å². The number of halogens is 1. The van der Waals surface area contributed by atoms with Crippen LogP contribution in [0.4, 0.5) is 4.39 Å². The van der Waals surface area contributed by atoms with Crippen LogP contribution in [-0.4, -0.2) is 15.5 Å². The van der Waals surface area contributed by atoms with Gasteiger partial charge in [-0.1, -0.05) is 12.1 Å². The number of amides is 1. The Bertz CT molecular complexity index is 1030. The van der Waals surface area contributed by atoms with Crippen LogP contribution in [0.3, 0.4) is 0 Å². The summed E-state index contributed by atoms with van der Waals surface area (Å²) in [6, 6.07) is 10.3. The normalized spacial score (nSPS) is 16.4. The molecule has 0 aliphatic carbocycles. The SMILES string of the molecule is CC1NC(=O)c2ccccc2-n2c1nc1ccc(F)cc1c2=O. The van der Waals surface area contributed by atoms with Crippen LogP contribution in [0.2, 0.25) is 0 Å². The Kier molecular flexibility index (Phi) is 2.81. The summed E-state index contributed by atoms with van der Waals surface area (Å²) in [6.07, 6.45) is 0. The van der Waals surface area contributed by atoms with Crippen LogP contribution < -0.4 is 10.9 Å². The van der Waals surface area contributed by atoms with Gasteiger partial charge in [0.1, 0.15) is 11.6 Å². The van der Waals surface area contributed by atoms with Crippen molar-refractivity contribution in [3.63, 3.8) is 0 Å². The van der Waals surface area contributed by atoms with Crippen LogP contribution in [0, 0.1) is 5.82 Å². The van der Waals surface area contributed by atoms with E-state index in [-0.39, 0.29) is 16.9 Å². The minimum atomic E-state index is -0.499. The molecule has 2 aromatic carbocycles. The van der Waals surface area contributed by atoms with E-state index in [1.54, 1.807) is 31.2 Å². The molecule has 1 unspecified atom stereocenters. The summed E-state index contributed by atoms with van der Waals surface area (Å²) in [5, 5.41) is 3.01. The standard InChI is InChI=1S/C17H12FN3O2/c1-9-15-20-13-7-6-10(18)8-12(13)17(23)21(15)14-5-3-2-4-11(14)16(22)19-9/h2-9H,1H3,(H,19,22). The average molecular weight is 309 g/mol. The maximum absolute atomic E-state index is 13.5. The van der Waals surface area contributed by atoms with Crippen molar-refractivity contribution in [2.45, 2.75) is 13.0 Å². The molecule has 3 aromatic rings. The largest absolute Gasteiger partial charge is 0.342 e. The average Bonchev–Trinajstić information content (AvgIpc) is 2.64. The molecule has 1 aliphatic rings. The van der Waals surface area contributed by atoms with Gasteiger partial charge >= 0.3 is 0 Å². The summed E-state index contributed by atoms with van der Waals surface area (Å²) in [5.41, 5.74) is 0.856. The molecular weight excluding hydrogens is 297 g/mol. The molecule has 6 heteroatoms. The van der Waals surface area contributed by atoms with Crippen LogP contribution in [0.1, 0.15) is 29.1 Å². The number of rotatable bonds is 0. The van der Waals surface area contributed by atoms with Gasteiger partial charge in [0.15, 0.2) is 0 Å². The first-order valence-electron chi connectivity index (χ1n) is 7.19. The van der Waals surface area contributed by atoms with Crippen LogP contribution in [0.5, 0.6) is 0 Å². The number of carbonyl (C=O) groups excluding carboxylic acids is 1. The number of carbonyl (C=O) groups is 1. The van der Waals surface area contributed by atoms with Gasteiger partial charge in [-0.15, -0.1) is 0 Å². The van der Waals surface area contributed by atoms with Gasteiger partial charge in [-0.3, -0.25) is 14.2 Å². The van der Waals surface area contributed by atoms with Gasteiger partial charge in [-0.25, -0.2) is 9.37 Å². The van der Waals surface area contributed by atoms with E-state index < -0.39 is 11.9 Å². The predicted molar refractivity (Wildman–Crippen MR) is 83.2 cm³/mol. The molecule has 1 N–H and O–H groups in total. The fourth-order valence-corrected chi connectivity index (χ4v) is 2.90. The smallest absolute Gasteiger partial charge is 0.266 e. The van der Waals surface area contributed by atoms with Crippen LogP contribution in [-0.2, 0) is 0 Å².